The van der Waals surface area contributed by atoms with Gasteiger partial charge in [0, 0.05) is 17.6 Å². The van der Waals surface area contributed by atoms with Crippen molar-refractivity contribution in [3.8, 4) is 5.75 Å². The first kappa shape index (κ1) is 15.8. The van der Waals surface area contributed by atoms with Gasteiger partial charge in [0.15, 0.2) is 0 Å². The van der Waals surface area contributed by atoms with Gasteiger partial charge in [-0.3, -0.25) is 0 Å². The van der Waals surface area contributed by atoms with Crippen molar-refractivity contribution < 1.29 is 9.84 Å². The minimum atomic E-state index is -0.530. The van der Waals surface area contributed by atoms with Gasteiger partial charge in [0.05, 0.1) is 12.7 Å². The van der Waals surface area contributed by atoms with Crippen molar-refractivity contribution in [2.24, 2.45) is 5.92 Å². The summed E-state index contributed by atoms with van der Waals surface area (Å²) >= 11 is 3.55. The predicted molar refractivity (Wildman–Crippen MR) is 85.0 cm³/mol. The normalized spacial score (nSPS) is 26.5. The number of ether oxygens (including phenoxy) is 1. The Bertz CT molecular complexity index is 442. The molecular weight excluding hydrogens is 318 g/mol. The lowest BCUT2D eigenvalue weighted by Crippen LogP contribution is -2.43. The maximum Gasteiger partial charge on any atom is 0.119 e. The second-order valence-electron chi connectivity index (χ2n) is 5.97. The summed E-state index contributed by atoms with van der Waals surface area (Å²) in [6, 6.07) is 5.95. The number of hydrogen-bond acceptors (Lipinski definition) is 3. The smallest absolute Gasteiger partial charge is 0.119 e. The second kappa shape index (κ2) is 6.92. The summed E-state index contributed by atoms with van der Waals surface area (Å²) in [5.74, 6) is 1.61. The molecule has 0 unspecified atom stereocenters. The third-order valence-electron chi connectivity index (χ3n) is 4.23. The summed E-state index contributed by atoms with van der Waals surface area (Å²) in [7, 11) is 1.67. The fourth-order valence-corrected chi connectivity index (χ4v) is 3.11. The topological polar surface area (TPSA) is 41.5 Å². The number of aliphatic hydroxyl groups is 1. The van der Waals surface area contributed by atoms with E-state index in [9.17, 15) is 5.11 Å². The van der Waals surface area contributed by atoms with E-state index in [0.717, 1.165) is 53.9 Å². The standard InChI is InChI=1S/C16H24BrNO2/c1-12-5-7-16(19,8-6-12)11-18-10-13-9-14(20-2)3-4-15(13)17/h3-4,9,12,18-19H,5-8,10-11H2,1-2H3. The highest BCUT2D eigenvalue weighted by Crippen LogP contribution is 2.31. The van der Waals surface area contributed by atoms with Crippen molar-refractivity contribution in [1.82, 2.24) is 5.32 Å². The molecule has 2 rings (SSSR count). The number of methoxy groups -OCH3 is 1. The van der Waals surface area contributed by atoms with Crippen LogP contribution in [0.25, 0.3) is 0 Å². The summed E-state index contributed by atoms with van der Waals surface area (Å²) in [5.41, 5.74) is 0.620. The minimum absolute atomic E-state index is 0.530. The Balaban J connectivity index is 1.86. The maximum absolute atomic E-state index is 10.5. The number of hydrogen-bond donors (Lipinski definition) is 2. The second-order valence-corrected chi connectivity index (χ2v) is 6.82. The van der Waals surface area contributed by atoms with Gasteiger partial charge in [0.1, 0.15) is 5.75 Å². The van der Waals surface area contributed by atoms with E-state index >= 15 is 0 Å². The first-order valence-electron chi connectivity index (χ1n) is 7.28. The van der Waals surface area contributed by atoms with Crippen LogP contribution in [0.4, 0.5) is 0 Å². The Hall–Kier alpha value is -0.580. The molecule has 0 bridgehead atoms. The summed E-state index contributed by atoms with van der Waals surface area (Å²) in [4.78, 5) is 0. The Kier molecular flexibility index (Phi) is 5.47. The van der Waals surface area contributed by atoms with Gasteiger partial charge < -0.3 is 15.2 Å². The maximum atomic E-state index is 10.5. The van der Waals surface area contributed by atoms with Gasteiger partial charge in [-0.15, -0.1) is 0 Å². The van der Waals surface area contributed by atoms with Crippen molar-refractivity contribution in [1.29, 1.82) is 0 Å². The highest BCUT2D eigenvalue weighted by molar-refractivity contribution is 9.10. The molecule has 1 aromatic rings. The molecule has 20 heavy (non-hydrogen) atoms. The van der Waals surface area contributed by atoms with Crippen LogP contribution in [0.1, 0.15) is 38.2 Å². The average molecular weight is 342 g/mol. The predicted octanol–water partition coefficient (Wildman–Crippen LogP) is 3.49. The van der Waals surface area contributed by atoms with Gasteiger partial charge in [-0.1, -0.05) is 22.9 Å². The number of halogens is 1. The van der Waals surface area contributed by atoms with E-state index in [4.69, 9.17) is 4.74 Å². The largest absolute Gasteiger partial charge is 0.497 e. The lowest BCUT2D eigenvalue weighted by Gasteiger charge is -2.35. The molecule has 1 fully saturated rings. The summed E-state index contributed by atoms with van der Waals surface area (Å²) in [5, 5.41) is 13.9. The highest BCUT2D eigenvalue weighted by Gasteiger charge is 2.31. The van der Waals surface area contributed by atoms with Crippen molar-refractivity contribution in [3.05, 3.63) is 28.2 Å². The molecule has 0 aliphatic heterocycles. The van der Waals surface area contributed by atoms with Crippen LogP contribution in [0.3, 0.4) is 0 Å². The summed E-state index contributed by atoms with van der Waals surface area (Å²) in [6.07, 6.45) is 4.06. The Labute approximate surface area is 129 Å². The molecule has 0 spiro atoms. The van der Waals surface area contributed by atoms with Crippen LogP contribution < -0.4 is 10.1 Å². The molecular formula is C16H24BrNO2. The molecule has 2 N–H and O–H groups in total. The Morgan fingerprint density at radius 3 is 2.75 bits per heavy atom. The van der Waals surface area contributed by atoms with Crippen LogP contribution >= 0.6 is 15.9 Å². The molecule has 1 saturated carbocycles. The average Bonchev–Trinajstić information content (AvgIpc) is 2.44. The van der Waals surface area contributed by atoms with Gasteiger partial charge in [0.2, 0.25) is 0 Å². The van der Waals surface area contributed by atoms with Crippen molar-refractivity contribution >= 4 is 15.9 Å². The zero-order chi connectivity index (χ0) is 14.6. The van der Waals surface area contributed by atoms with E-state index in [-0.39, 0.29) is 0 Å². The molecule has 0 heterocycles. The molecule has 1 aliphatic carbocycles. The molecule has 1 aromatic carbocycles. The van der Waals surface area contributed by atoms with Crippen LogP contribution in [0.2, 0.25) is 0 Å². The SMILES string of the molecule is COc1ccc(Br)c(CNCC2(O)CCC(C)CC2)c1. The van der Waals surface area contributed by atoms with E-state index in [0.29, 0.717) is 6.54 Å². The van der Waals surface area contributed by atoms with Gasteiger partial charge in [0.25, 0.3) is 0 Å². The molecule has 4 heteroatoms. The summed E-state index contributed by atoms with van der Waals surface area (Å²) < 4.78 is 6.30. The lowest BCUT2D eigenvalue weighted by molar-refractivity contribution is -0.00631. The molecule has 112 valence electrons. The Morgan fingerprint density at radius 2 is 2.10 bits per heavy atom. The van der Waals surface area contributed by atoms with E-state index in [1.54, 1.807) is 7.11 Å². The molecule has 0 aromatic heterocycles. The molecule has 0 radical (unpaired) electrons. The van der Waals surface area contributed by atoms with Crippen LogP contribution in [0.15, 0.2) is 22.7 Å². The quantitative estimate of drug-likeness (QED) is 0.861. The van der Waals surface area contributed by atoms with Gasteiger partial charge in [-0.2, -0.15) is 0 Å². The van der Waals surface area contributed by atoms with E-state index in [2.05, 4.69) is 28.2 Å². The molecule has 0 saturated heterocycles. The van der Waals surface area contributed by atoms with Crippen LogP contribution in [-0.4, -0.2) is 24.4 Å². The first-order chi connectivity index (χ1) is 9.52. The van der Waals surface area contributed by atoms with Gasteiger partial charge in [-0.25, -0.2) is 0 Å². The lowest BCUT2D eigenvalue weighted by atomic mass is 9.79. The number of rotatable bonds is 5. The third-order valence-corrected chi connectivity index (χ3v) is 5.00. The van der Waals surface area contributed by atoms with Gasteiger partial charge >= 0.3 is 0 Å². The first-order valence-corrected chi connectivity index (χ1v) is 8.07. The molecule has 0 atom stereocenters. The Morgan fingerprint density at radius 1 is 1.40 bits per heavy atom. The number of benzene rings is 1. The zero-order valence-electron chi connectivity index (χ0n) is 12.3. The highest BCUT2D eigenvalue weighted by atomic mass is 79.9. The van der Waals surface area contributed by atoms with Crippen molar-refractivity contribution in [2.75, 3.05) is 13.7 Å². The zero-order valence-corrected chi connectivity index (χ0v) is 13.9. The molecule has 0 amide bonds. The molecule has 1 aliphatic rings. The molecule has 3 nitrogen and oxygen atoms in total. The van der Waals surface area contributed by atoms with Crippen molar-refractivity contribution in [2.45, 2.75) is 44.8 Å². The van der Waals surface area contributed by atoms with Gasteiger partial charge in [-0.05, 0) is 55.4 Å². The van der Waals surface area contributed by atoms with Crippen LogP contribution in [0, 0.1) is 5.92 Å². The van der Waals surface area contributed by atoms with E-state index in [1.807, 2.05) is 18.2 Å². The van der Waals surface area contributed by atoms with Crippen molar-refractivity contribution in [3.63, 3.8) is 0 Å². The monoisotopic (exact) mass is 341 g/mol. The van der Waals surface area contributed by atoms with Crippen LogP contribution in [-0.2, 0) is 6.54 Å². The fraction of sp³-hybridized carbons (Fsp3) is 0.625. The minimum Gasteiger partial charge on any atom is -0.497 e. The fourth-order valence-electron chi connectivity index (χ4n) is 2.72. The summed E-state index contributed by atoms with van der Waals surface area (Å²) in [6.45, 7) is 3.65. The van der Waals surface area contributed by atoms with E-state index < -0.39 is 5.60 Å². The number of nitrogens with one attached hydrogen (secondary N) is 1. The third kappa shape index (κ3) is 4.21. The van der Waals surface area contributed by atoms with Crippen LogP contribution in [0.5, 0.6) is 5.75 Å². The van der Waals surface area contributed by atoms with E-state index in [1.165, 1.54) is 0 Å².